The van der Waals surface area contributed by atoms with Crippen LogP contribution in [0.15, 0.2) is 35.5 Å². The number of piperazine rings is 1. The van der Waals surface area contributed by atoms with Crippen LogP contribution < -0.4 is 5.32 Å². The molecule has 22 heavy (non-hydrogen) atoms. The summed E-state index contributed by atoms with van der Waals surface area (Å²) in [4.78, 5) is 4.53. The van der Waals surface area contributed by atoms with Crippen LogP contribution in [0, 0.1) is 6.92 Å². The third-order valence-corrected chi connectivity index (χ3v) is 6.02. The summed E-state index contributed by atoms with van der Waals surface area (Å²) in [5.74, 6) is 0. The number of aryl methyl sites for hydroxylation is 1. The van der Waals surface area contributed by atoms with Gasteiger partial charge in [-0.3, -0.25) is 4.98 Å². The highest BCUT2D eigenvalue weighted by atomic mass is 35.5. The van der Waals surface area contributed by atoms with E-state index in [1.54, 1.807) is 28.8 Å². The first-order chi connectivity index (χ1) is 10.0. The number of nitrogens with one attached hydrogen (secondary N) is 1. The Kier molecular flexibility index (Phi) is 5.07. The van der Waals surface area contributed by atoms with Gasteiger partial charge in [0.2, 0.25) is 10.0 Å². The lowest BCUT2D eigenvalue weighted by atomic mass is 10.1. The van der Waals surface area contributed by atoms with Gasteiger partial charge < -0.3 is 5.32 Å². The Morgan fingerprint density at radius 1 is 1.32 bits per heavy atom. The smallest absolute Gasteiger partial charge is 0.244 e. The van der Waals surface area contributed by atoms with Gasteiger partial charge in [0.15, 0.2) is 0 Å². The van der Waals surface area contributed by atoms with Crippen LogP contribution in [0.3, 0.4) is 0 Å². The fourth-order valence-corrected chi connectivity index (χ4v) is 4.81. The maximum absolute atomic E-state index is 13.0. The van der Waals surface area contributed by atoms with E-state index in [0.717, 1.165) is 16.3 Å². The minimum Gasteiger partial charge on any atom is -0.314 e. The Balaban J connectivity index is 0.00000176. The number of pyridine rings is 1. The Labute approximate surface area is 137 Å². The number of halogens is 1. The lowest BCUT2D eigenvalue weighted by molar-refractivity contribution is 0.284. The molecule has 1 aliphatic rings. The van der Waals surface area contributed by atoms with Crippen molar-refractivity contribution in [3.8, 4) is 0 Å². The molecule has 2 aromatic rings. The minimum absolute atomic E-state index is 0. The van der Waals surface area contributed by atoms with Gasteiger partial charge in [-0.15, -0.1) is 12.4 Å². The molecule has 1 aromatic carbocycles. The van der Waals surface area contributed by atoms with Crippen molar-refractivity contribution >= 4 is 33.2 Å². The summed E-state index contributed by atoms with van der Waals surface area (Å²) >= 11 is 0. The molecule has 0 saturated carbocycles. The van der Waals surface area contributed by atoms with Crippen molar-refractivity contribution in [2.75, 3.05) is 19.6 Å². The summed E-state index contributed by atoms with van der Waals surface area (Å²) in [6, 6.07) is 5.33. The molecule has 7 heteroatoms. The molecule has 5 nitrogen and oxygen atoms in total. The Hall–Kier alpha value is -1.21. The molecular formula is C15H20ClN3O2S. The fraction of sp³-hybridized carbons (Fsp3) is 0.400. The van der Waals surface area contributed by atoms with Gasteiger partial charge in [-0.05, 0) is 25.5 Å². The number of aromatic nitrogens is 1. The summed E-state index contributed by atoms with van der Waals surface area (Å²) < 4.78 is 27.7. The lowest BCUT2D eigenvalue weighted by Gasteiger charge is -2.33. The zero-order valence-corrected chi connectivity index (χ0v) is 14.2. The first kappa shape index (κ1) is 17.1. The van der Waals surface area contributed by atoms with Gasteiger partial charge in [0.05, 0.1) is 4.90 Å². The molecule has 1 saturated heterocycles. The third-order valence-electron chi connectivity index (χ3n) is 3.96. The van der Waals surface area contributed by atoms with Crippen LogP contribution >= 0.6 is 12.4 Å². The fourth-order valence-electron chi connectivity index (χ4n) is 2.89. The number of nitrogens with zero attached hydrogens (tertiary/aromatic N) is 2. The van der Waals surface area contributed by atoms with Crippen LogP contribution in [0.5, 0.6) is 0 Å². The molecule has 1 unspecified atom stereocenters. The highest BCUT2D eigenvalue weighted by Gasteiger charge is 2.32. The van der Waals surface area contributed by atoms with Crippen LogP contribution in [-0.4, -0.2) is 43.4 Å². The van der Waals surface area contributed by atoms with Gasteiger partial charge in [0.25, 0.3) is 0 Å². The van der Waals surface area contributed by atoms with Crippen molar-refractivity contribution in [2.24, 2.45) is 0 Å². The molecule has 1 N–H and O–H groups in total. The second-order valence-corrected chi connectivity index (χ2v) is 7.34. The second kappa shape index (κ2) is 6.50. The van der Waals surface area contributed by atoms with Crippen molar-refractivity contribution < 1.29 is 8.42 Å². The summed E-state index contributed by atoms with van der Waals surface area (Å²) in [6.45, 7) is 5.71. The number of sulfonamides is 1. The number of fused-ring (bicyclic) bond motifs is 1. The van der Waals surface area contributed by atoms with E-state index in [1.165, 1.54) is 0 Å². The molecule has 1 aromatic heterocycles. The topological polar surface area (TPSA) is 62.3 Å². The zero-order chi connectivity index (χ0) is 15.0. The molecule has 0 radical (unpaired) electrons. The van der Waals surface area contributed by atoms with Crippen LogP contribution in [0.2, 0.25) is 0 Å². The Morgan fingerprint density at radius 2 is 2.09 bits per heavy atom. The monoisotopic (exact) mass is 341 g/mol. The SMILES string of the molecule is Cc1cncc2cccc(S(=O)(=O)N3CCNCC3C)c12.Cl. The average molecular weight is 342 g/mol. The van der Waals surface area contributed by atoms with Gasteiger partial charge in [-0.2, -0.15) is 4.31 Å². The molecule has 2 heterocycles. The van der Waals surface area contributed by atoms with E-state index < -0.39 is 10.0 Å². The van der Waals surface area contributed by atoms with E-state index in [0.29, 0.717) is 24.5 Å². The molecule has 0 spiro atoms. The standard InChI is InChI=1S/C15H19N3O2S.ClH/c1-11-8-17-10-13-4-3-5-14(15(11)13)21(19,20)18-7-6-16-9-12(18)2;/h3-5,8,10,12,16H,6-7,9H2,1-2H3;1H. The van der Waals surface area contributed by atoms with Crippen LogP contribution in [0.25, 0.3) is 10.8 Å². The zero-order valence-electron chi connectivity index (χ0n) is 12.6. The van der Waals surface area contributed by atoms with E-state index in [9.17, 15) is 8.42 Å². The molecule has 1 atom stereocenters. The molecule has 1 fully saturated rings. The molecule has 120 valence electrons. The summed E-state index contributed by atoms with van der Waals surface area (Å²) in [5.41, 5.74) is 0.884. The van der Waals surface area contributed by atoms with Gasteiger partial charge in [-0.1, -0.05) is 12.1 Å². The largest absolute Gasteiger partial charge is 0.314 e. The molecule has 0 bridgehead atoms. The average Bonchev–Trinajstić information content (AvgIpc) is 2.47. The van der Waals surface area contributed by atoms with Crippen LogP contribution in [0.1, 0.15) is 12.5 Å². The highest BCUT2D eigenvalue weighted by Crippen LogP contribution is 2.28. The van der Waals surface area contributed by atoms with E-state index in [2.05, 4.69) is 10.3 Å². The predicted molar refractivity (Wildman–Crippen MR) is 90.0 cm³/mol. The van der Waals surface area contributed by atoms with E-state index in [-0.39, 0.29) is 18.4 Å². The first-order valence-electron chi connectivity index (χ1n) is 7.07. The van der Waals surface area contributed by atoms with Gasteiger partial charge in [0.1, 0.15) is 0 Å². The van der Waals surface area contributed by atoms with E-state index >= 15 is 0 Å². The molecule has 1 aliphatic heterocycles. The maximum atomic E-state index is 13.0. The quantitative estimate of drug-likeness (QED) is 0.907. The summed E-state index contributed by atoms with van der Waals surface area (Å²) in [6.07, 6.45) is 3.42. The van der Waals surface area contributed by atoms with Gasteiger partial charge >= 0.3 is 0 Å². The summed E-state index contributed by atoms with van der Waals surface area (Å²) in [5, 5.41) is 4.86. The molecular weight excluding hydrogens is 322 g/mol. The van der Waals surface area contributed by atoms with Gasteiger partial charge in [-0.25, -0.2) is 8.42 Å². The molecule has 3 rings (SSSR count). The van der Waals surface area contributed by atoms with Crippen molar-refractivity contribution in [3.63, 3.8) is 0 Å². The van der Waals surface area contributed by atoms with Crippen molar-refractivity contribution in [1.82, 2.24) is 14.6 Å². The first-order valence-corrected chi connectivity index (χ1v) is 8.51. The number of rotatable bonds is 2. The highest BCUT2D eigenvalue weighted by molar-refractivity contribution is 7.89. The van der Waals surface area contributed by atoms with Crippen LogP contribution in [0.4, 0.5) is 0 Å². The molecule has 0 amide bonds. The number of benzene rings is 1. The lowest BCUT2D eigenvalue weighted by Crippen LogP contribution is -2.52. The normalized spacial score (nSPS) is 19.8. The van der Waals surface area contributed by atoms with Crippen LogP contribution in [-0.2, 0) is 10.0 Å². The maximum Gasteiger partial charge on any atom is 0.244 e. The third kappa shape index (κ3) is 2.84. The second-order valence-electron chi connectivity index (χ2n) is 5.48. The Morgan fingerprint density at radius 3 is 2.82 bits per heavy atom. The van der Waals surface area contributed by atoms with E-state index in [4.69, 9.17) is 0 Å². The van der Waals surface area contributed by atoms with Crippen molar-refractivity contribution in [2.45, 2.75) is 24.8 Å². The number of hydrogen-bond donors (Lipinski definition) is 1. The van der Waals surface area contributed by atoms with E-state index in [1.807, 2.05) is 19.9 Å². The van der Waals surface area contributed by atoms with Crippen molar-refractivity contribution in [1.29, 1.82) is 0 Å². The molecule has 0 aliphatic carbocycles. The minimum atomic E-state index is -3.49. The van der Waals surface area contributed by atoms with Gasteiger partial charge in [0, 0.05) is 48.8 Å². The van der Waals surface area contributed by atoms with Crippen molar-refractivity contribution in [3.05, 3.63) is 36.2 Å². The number of hydrogen-bond acceptors (Lipinski definition) is 4. The predicted octanol–water partition coefficient (Wildman–Crippen LogP) is 1.95. The Bertz CT molecular complexity index is 774. The summed E-state index contributed by atoms with van der Waals surface area (Å²) in [7, 11) is -3.49.